The predicted molar refractivity (Wildman–Crippen MR) is 194 cm³/mol. The number of benzene rings is 4. The average molecular weight is 689 g/mol. The van der Waals surface area contributed by atoms with E-state index in [4.69, 9.17) is 30.1 Å². The highest BCUT2D eigenvalue weighted by molar-refractivity contribution is 5.77. The van der Waals surface area contributed by atoms with Crippen LogP contribution in [-0.4, -0.2) is 62.2 Å². The van der Waals surface area contributed by atoms with Crippen LogP contribution in [0.1, 0.15) is 28.7 Å². The molecule has 0 bridgehead atoms. The van der Waals surface area contributed by atoms with Gasteiger partial charge in [0, 0.05) is 4.91 Å². The molecular weight excluding hydrogens is 644 g/mol. The first-order chi connectivity index (χ1) is 25.1. The summed E-state index contributed by atoms with van der Waals surface area (Å²) < 4.78 is 32.2. The number of azide groups is 1. The van der Waals surface area contributed by atoms with E-state index in [9.17, 15) is 10.3 Å². The van der Waals surface area contributed by atoms with Crippen LogP contribution in [0.2, 0.25) is 0 Å². The first-order valence-electron chi connectivity index (χ1n) is 17.1. The van der Waals surface area contributed by atoms with Gasteiger partial charge in [0.2, 0.25) is 5.91 Å². The Morgan fingerprint density at radius 2 is 1.22 bits per heavy atom. The average Bonchev–Trinajstić information content (AvgIpc) is 3.17. The van der Waals surface area contributed by atoms with Crippen molar-refractivity contribution in [3.05, 3.63) is 154 Å². The summed E-state index contributed by atoms with van der Waals surface area (Å²) in [5.41, 5.74) is 13.2. The van der Waals surface area contributed by atoms with Crippen molar-refractivity contribution in [1.82, 2.24) is 5.32 Å². The molecule has 264 valence electrons. The van der Waals surface area contributed by atoms with Crippen molar-refractivity contribution in [2.45, 2.75) is 69.2 Å². The number of hydrogen-bond acceptors (Lipinski definition) is 7. The van der Waals surface area contributed by atoms with Crippen LogP contribution in [0.4, 0.5) is 0 Å². The van der Waals surface area contributed by atoms with Crippen molar-refractivity contribution in [1.29, 1.82) is 0 Å². The first-order valence-corrected chi connectivity index (χ1v) is 17.1. The zero-order valence-corrected chi connectivity index (χ0v) is 28.5. The summed E-state index contributed by atoms with van der Waals surface area (Å²) in [5, 5.41) is 7.00. The van der Waals surface area contributed by atoms with E-state index in [1.807, 2.05) is 121 Å². The second-order valence-electron chi connectivity index (χ2n) is 12.3. The Hall–Kier alpha value is -4.98. The van der Waals surface area contributed by atoms with E-state index in [2.05, 4.69) is 21.3 Å². The van der Waals surface area contributed by atoms with Gasteiger partial charge in [0.05, 0.1) is 57.6 Å². The number of nitrogens with one attached hydrogen (secondary N) is 1. The molecule has 0 radical (unpaired) electrons. The normalized spacial score (nSPS) is 20.4. The molecule has 51 heavy (non-hydrogen) atoms. The van der Waals surface area contributed by atoms with E-state index in [1.165, 1.54) is 0 Å². The van der Waals surface area contributed by atoms with Gasteiger partial charge < -0.3 is 29.0 Å². The van der Waals surface area contributed by atoms with E-state index in [0.29, 0.717) is 6.42 Å². The van der Waals surface area contributed by atoms with Gasteiger partial charge in [-0.3, -0.25) is 4.79 Å². The molecular formula is C41H44N4O6. The topological polar surface area (TPSA) is 124 Å². The molecule has 0 aromatic heterocycles. The van der Waals surface area contributed by atoms with Crippen molar-refractivity contribution < 1.29 is 28.5 Å². The molecule has 1 aliphatic heterocycles. The second kappa shape index (κ2) is 20.6. The number of ether oxygens (including phenoxy) is 5. The number of carbonyl (C=O) groups excluding carboxylic acids is 1. The second-order valence-corrected chi connectivity index (χ2v) is 12.3. The molecule has 1 aliphatic rings. The Morgan fingerprint density at radius 1 is 0.745 bits per heavy atom. The quantitative estimate of drug-likeness (QED) is 0.0390. The lowest BCUT2D eigenvalue weighted by molar-refractivity contribution is -0.262. The van der Waals surface area contributed by atoms with Gasteiger partial charge in [-0.05, 0) is 34.2 Å². The van der Waals surface area contributed by atoms with Crippen LogP contribution in [-0.2, 0) is 54.7 Å². The summed E-state index contributed by atoms with van der Waals surface area (Å²) in [5.74, 6) is 2.22. The summed E-state index contributed by atoms with van der Waals surface area (Å²) in [7, 11) is 0. The van der Waals surface area contributed by atoms with Crippen LogP contribution in [0.5, 0.6) is 0 Å². The van der Waals surface area contributed by atoms with Crippen molar-refractivity contribution >= 4 is 5.91 Å². The molecule has 1 N–H and O–H groups in total. The number of carbonyl (C=O) groups is 1. The van der Waals surface area contributed by atoms with Gasteiger partial charge in [-0.15, -0.1) is 6.42 Å². The third-order valence-electron chi connectivity index (χ3n) is 8.49. The van der Waals surface area contributed by atoms with Gasteiger partial charge in [-0.25, -0.2) is 0 Å². The smallest absolute Gasteiger partial charge is 0.223 e. The van der Waals surface area contributed by atoms with Crippen molar-refractivity contribution in [2.24, 2.45) is 5.11 Å². The fraction of sp³-hybridized carbons (Fsp3) is 0.341. The summed E-state index contributed by atoms with van der Waals surface area (Å²) in [4.78, 5) is 16.9. The fourth-order valence-corrected chi connectivity index (χ4v) is 6.09. The van der Waals surface area contributed by atoms with Gasteiger partial charge in [0.15, 0.2) is 0 Å². The number of rotatable bonds is 19. The van der Waals surface area contributed by atoms with E-state index < -0.39 is 30.5 Å². The Labute approximate surface area is 299 Å². The van der Waals surface area contributed by atoms with Gasteiger partial charge in [0.25, 0.3) is 0 Å². The van der Waals surface area contributed by atoms with Crippen LogP contribution >= 0.6 is 0 Å². The molecule has 10 nitrogen and oxygen atoms in total. The van der Waals surface area contributed by atoms with Crippen molar-refractivity contribution in [3.63, 3.8) is 0 Å². The molecule has 0 spiro atoms. The monoisotopic (exact) mass is 688 g/mol. The molecule has 1 saturated heterocycles. The molecule has 0 aliphatic carbocycles. The first kappa shape index (κ1) is 37.3. The maximum Gasteiger partial charge on any atom is 0.223 e. The van der Waals surface area contributed by atoms with E-state index in [-0.39, 0.29) is 57.9 Å². The summed E-state index contributed by atoms with van der Waals surface area (Å²) in [6, 6.07) is 38.9. The molecule has 6 atom stereocenters. The minimum atomic E-state index is -0.769. The van der Waals surface area contributed by atoms with E-state index in [0.717, 1.165) is 22.3 Å². The predicted octanol–water partition coefficient (Wildman–Crippen LogP) is 6.59. The Balaban J connectivity index is 1.43. The molecule has 4 aromatic rings. The number of amides is 1. The van der Waals surface area contributed by atoms with Gasteiger partial charge in [-0.1, -0.05) is 132 Å². The molecule has 1 heterocycles. The van der Waals surface area contributed by atoms with Crippen LogP contribution in [0.25, 0.3) is 10.4 Å². The Morgan fingerprint density at radius 3 is 1.71 bits per heavy atom. The molecule has 4 aromatic carbocycles. The molecule has 1 amide bonds. The van der Waals surface area contributed by atoms with E-state index >= 15 is 0 Å². The molecule has 1 fully saturated rings. The number of hydrogen-bond donors (Lipinski definition) is 1. The van der Waals surface area contributed by atoms with Crippen molar-refractivity contribution in [2.75, 3.05) is 19.8 Å². The van der Waals surface area contributed by atoms with Crippen LogP contribution in [0, 0.1) is 12.3 Å². The molecule has 1 unspecified atom stereocenters. The largest absolute Gasteiger partial charge is 0.369 e. The maximum atomic E-state index is 13.9. The minimum absolute atomic E-state index is 0.0265. The third kappa shape index (κ3) is 12.1. The fourth-order valence-electron chi connectivity index (χ4n) is 6.09. The molecule has 0 saturated carbocycles. The zero-order chi connectivity index (χ0) is 35.5. The lowest BCUT2D eigenvalue weighted by Gasteiger charge is -2.46. The number of nitrogens with zero attached hydrogens (tertiary/aromatic N) is 3. The molecule has 10 heteroatoms. The van der Waals surface area contributed by atoms with Crippen LogP contribution < -0.4 is 5.32 Å². The highest BCUT2D eigenvalue weighted by Gasteiger charge is 2.48. The van der Waals surface area contributed by atoms with Crippen molar-refractivity contribution in [3.8, 4) is 12.3 Å². The molecule has 5 rings (SSSR count). The van der Waals surface area contributed by atoms with Gasteiger partial charge in [0.1, 0.15) is 24.9 Å². The minimum Gasteiger partial charge on any atom is -0.369 e. The van der Waals surface area contributed by atoms with E-state index in [1.54, 1.807) is 0 Å². The summed E-state index contributed by atoms with van der Waals surface area (Å²) in [6.07, 6.45) is 2.31. The lowest BCUT2D eigenvalue weighted by atomic mass is 9.91. The summed E-state index contributed by atoms with van der Waals surface area (Å²) >= 11 is 0. The highest BCUT2D eigenvalue weighted by Crippen LogP contribution is 2.32. The van der Waals surface area contributed by atoms with Gasteiger partial charge in [-0.2, -0.15) is 0 Å². The standard InChI is InChI=1S/C41H44N4O6/c1-2-23-47-30-35(24-31-15-7-3-8-16-31)44-38(46)25-36-39(48-27-32-17-9-4-10-18-32)41(50-29-34-21-13-6-14-22-34)40(37(51-36)26-43-45-42)49-28-33-19-11-5-12-20-33/h1,3-22,35-37,39-41H,23-30H2,(H,44,46)/t35-,36?,37+,39-,40+,41+/m0/s1. The highest BCUT2D eigenvalue weighted by atomic mass is 16.6. The van der Waals surface area contributed by atoms with Crippen LogP contribution in [0.3, 0.4) is 0 Å². The third-order valence-corrected chi connectivity index (χ3v) is 8.49. The van der Waals surface area contributed by atoms with Gasteiger partial charge >= 0.3 is 0 Å². The Kier molecular flexibility index (Phi) is 15.1. The summed E-state index contributed by atoms with van der Waals surface area (Å²) in [6.45, 7) is 1.13. The SMILES string of the molecule is C#CCOC[C@H](Cc1ccccc1)NC(=O)CC1O[C@H](CN=[N+]=[N-])[C@@H](OCc2ccccc2)[C@H](OCc2ccccc2)[C@H]1OCc1ccccc1. The van der Waals surface area contributed by atoms with Crippen LogP contribution in [0.15, 0.2) is 126 Å². The number of terminal acetylenes is 1. The lowest BCUT2D eigenvalue weighted by Crippen LogP contribution is -2.61. The zero-order valence-electron chi connectivity index (χ0n) is 28.5. The maximum absolute atomic E-state index is 13.9. The Bertz CT molecular complexity index is 1680.